The molecule has 13 heteroatoms. The number of halogens is 3. The van der Waals surface area contributed by atoms with Crippen molar-refractivity contribution < 1.29 is 32.5 Å². The molecule has 0 aliphatic rings. The summed E-state index contributed by atoms with van der Waals surface area (Å²) in [5.74, 6) is -0.392. The van der Waals surface area contributed by atoms with E-state index in [0.29, 0.717) is 43.7 Å². The number of unbranched alkanes of at least 4 members (excludes halogenated alkanes) is 4. The van der Waals surface area contributed by atoms with Crippen LogP contribution in [0.3, 0.4) is 0 Å². The molecule has 0 spiro atoms. The third kappa shape index (κ3) is 11.6. The number of carboxylic acid groups (broad SMARTS) is 1. The van der Waals surface area contributed by atoms with Crippen LogP contribution in [-0.4, -0.2) is 56.9 Å². The third-order valence-electron chi connectivity index (χ3n) is 7.05. The molecule has 1 heterocycles. The normalized spacial score (nSPS) is 13.0. The van der Waals surface area contributed by atoms with Gasteiger partial charge in [0.25, 0.3) is 5.56 Å². The van der Waals surface area contributed by atoms with Crippen molar-refractivity contribution >= 4 is 11.8 Å². The van der Waals surface area contributed by atoms with Gasteiger partial charge in [0.2, 0.25) is 11.4 Å². The molecule has 10 nitrogen and oxygen atoms in total. The number of hydrogen-bond acceptors (Lipinski definition) is 7. The molecule has 43 heavy (non-hydrogen) atoms. The summed E-state index contributed by atoms with van der Waals surface area (Å²) >= 11 is 0. The first-order valence-electron chi connectivity index (χ1n) is 15.0. The molecule has 0 saturated heterocycles. The number of ether oxygens (including phenoxy) is 2. The zero-order chi connectivity index (χ0) is 32.0. The smallest absolute Gasteiger partial charge is 0.389 e. The first-order valence-corrected chi connectivity index (χ1v) is 15.0. The van der Waals surface area contributed by atoms with Crippen molar-refractivity contribution in [3.8, 4) is 11.5 Å². The molecule has 0 saturated carbocycles. The van der Waals surface area contributed by atoms with Crippen molar-refractivity contribution in [2.24, 2.45) is 7.05 Å². The minimum Gasteiger partial charge on any atom is -0.493 e. The van der Waals surface area contributed by atoms with Gasteiger partial charge in [-0.2, -0.15) is 13.2 Å². The minimum atomic E-state index is -4.34. The number of nitrogens with zero attached hydrogens (tertiary/aromatic N) is 4. The van der Waals surface area contributed by atoms with E-state index in [4.69, 9.17) is 9.47 Å². The number of anilines is 1. The summed E-state index contributed by atoms with van der Waals surface area (Å²) in [7, 11) is 1.34. The largest absolute Gasteiger partial charge is 0.493 e. The lowest BCUT2D eigenvalue weighted by molar-refractivity contribution is -0.154. The zero-order valence-electron chi connectivity index (χ0n) is 25.6. The fraction of sp³-hybridized carbons (Fsp3) is 0.667. The summed E-state index contributed by atoms with van der Waals surface area (Å²) in [5, 5.41) is 13.9. The van der Waals surface area contributed by atoms with Crippen molar-refractivity contribution in [3.63, 3.8) is 0 Å². The molecule has 0 aliphatic carbocycles. The highest BCUT2D eigenvalue weighted by atomic mass is 19.4. The van der Waals surface area contributed by atoms with E-state index in [1.165, 1.54) is 23.6 Å². The highest BCUT2D eigenvalue weighted by molar-refractivity contribution is 5.77. The number of aryl methyl sites for hydroxylation is 1. The van der Waals surface area contributed by atoms with Gasteiger partial charge >= 0.3 is 17.8 Å². The molecule has 0 aliphatic heterocycles. The number of benzene rings is 1. The number of aromatic nitrogens is 3. The number of alkyl halides is 3. The fourth-order valence-electron chi connectivity index (χ4n) is 4.62. The first kappa shape index (κ1) is 35.7. The van der Waals surface area contributed by atoms with Crippen LogP contribution in [0.2, 0.25) is 0 Å². The van der Waals surface area contributed by atoms with Gasteiger partial charge in [0.05, 0.1) is 6.61 Å². The molecule has 1 aromatic carbocycles. The van der Waals surface area contributed by atoms with Gasteiger partial charge in [0, 0.05) is 39.2 Å². The van der Waals surface area contributed by atoms with E-state index in [1.54, 1.807) is 24.3 Å². The third-order valence-corrected chi connectivity index (χ3v) is 7.05. The fourth-order valence-corrected chi connectivity index (χ4v) is 4.62. The van der Waals surface area contributed by atoms with Crippen LogP contribution in [0, 0.1) is 0 Å². The number of aliphatic carboxylic acids is 1. The van der Waals surface area contributed by atoms with Gasteiger partial charge in [-0.1, -0.05) is 52.0 Å². The lowest BCUT2D eigenvalue weighted by Gasteiger charge is -2.26. The molecule has 0 bridgehead atoms. The number of hydrogen-bond donors (Lipinski definition) is 1. The van der Waals surface area contributed by atoms with E-state index < -0.39 is 35.4 Å². The van der Waals surface area contributed by atoms with Crippen LogP contribution in [0.25, 0.3) is 0 Å². The lowest BCUT2D eigenvalue weighted by atomic mass is 10.0. The maximum Gasteiger partial charge on any atom is 0.389 e. The molecule has 2 aromatic rings. The molecule has 1 N–H and O–H groups in total. The van der Waals surface area contributed by atoms with Crippen molar-refractivity contribution in [2.75, 3.05) is 24.6 Å². The average Bonchev–Trinajstić information content (AvgIpc) is 2.94. The number of rotatable bonds is 20. The molecular weight excluding hydrogens is 569 g/mol. The monoisotopic (exact) mass is 614 g/mol. The highest BCUT2D eigenvalue weighted by Crippen LogP contribution is 2.27. The standard InChI is InChI=1S/C30H45F3N4O6/c1-5-7-8-9-10-20-37-28(41)35(4)26(38)25(34-37)36(18-12-17-30(31,32)33)19-13-21-42-23-14-11-15-24(22-23)43-29(3,16-6-2)27(39)40/h11,14-15,22H,5-10,12-13,16-21H2,1-4H3,(H,39,40). The Hall–Kier alpha value is -3.51. The highest BCUT2D eigenvalue weighted by Gasteiger charge is 2.34. The van der Waals surface area contributed by atoms with E-state index in [9.17, 15) is 32.7 Å². The molecule has 242 valence electrons. The van der Waals surface area contributed by atoms with Gasteiger partial charge in [0.15, 0.2) is 0 Å². The molecule has 1 aromatic heterocycles. The first-order chi connectivity index (χ1) is 20.3. The second-order valence-electron chi connectivity index (χ2n) is 10.9. The van der Waals surface area contributed by atoms with Crippen LogP contribution in [0.15, 0.2) is 33.9 Å². The molecule has 1 unspecified atom stereocenters. The van der Waals surface area contributed by atoms with E-state index >= 15 is 0 Å². The Morgan fingerprint density at radius 1 is 0.977 bits per heavy atom. The van der Waals surface area contributed by atoms with Crippen LogP contribution in [0.5, 0.6) is 11.5 Å². The molecule has 2 rings (SSSR count). The molecule has 0 fully saturated rings. The predicted octanol–water partition coefficient (Wildman–Crippen LogP) is 5.55. The number of carbonyl (C=O) groups is 1. The topological polar surface area (TPSA) is 116 Å². The van der Waals surface area contributed by atoms with E-state index in [-0.39, 0.29) is 31.9 Å². The van der Waals surface area contributed by atoms with Gasteiger partial charge in [0.1, 0.15) is 11.5 Å². The van der Waals surface area contributed by atoms with Gasteiger partial charge in [-0.3, -0.25) is 9.36 Å². The van der Waals surface area contributed by atoms with Crippen LogP contribution >= 0.6 is 0 Å². The zero-order valence-corrected chi connectivity index (χ0v) is 25.6. The maximum absolute atomic E-state index is 13.0. The second kappa shape index (κ2) is 17.0. The Balaban J connectivity index is 2.15. The van der Waals surface area contributed by atoms with Gasteiger partial charge < -0.3 is 19.5 Å². The summed E-state index contributed by atoms with van der Waals surface area (Å²) in [5.41, 5.74) is -2.63. The van der Waals surface area contributed by atoms with Crippen molar-refractivity contribution in [1.29, 1.82) is 0 Å². The van der Waals surface area contributed by atoms with E-state index in [2.05, 4.69) is 12.0 Å². The van der Waals surface area contributed by atoms with Crippen molar-refractivity contribution in [2.45, 2.75) is 103 Å². The van der Waals surface area contributed by atoms with Crippen molar-refractivity contribution in [3.05, 3.63) is 45.1 Å². The van der Waals surface area contributed by atoms with Gasteiger partial charge in [-0.25, -0.2) is 14.3 Å². The molecular formula is C30H45F3N4O6. The molecule has 0 radical (unpaired) electrons. The summed E-state index contributed by atoms with van der Waals surface area (Å²) in [4.78, 5) is 38.9. The van der Waals surface area contributed by atoms with Crippen LogP contribution in [-0.2, 0) is 18.4 Å². The Labute approximate surface area is 250 Å². The Bertz CT molecular complexity index is 1280. The van der Waals surface area contributed by atoms with E-state index in [1.807, 2.05) is 6.92 Å². The number of carboxylic acids is 1. The summed E-state index contributed by atoms with van der Waals surface area (Å²) in [6.07, 6.45) is 0.417. The summed E-state index contributed by atoms with van der Waals surface area (Å²) in [6, 6.07) is 6.55. The van der Waals surface area contributed by atoms with Gasteiger partial charge in [-0.05, 0) is 44.7 Å². The maximum atomic E-state index is 13.0. The second-order valence-corrected chi connectivity index (χ2v) is 10.9. The Morgan fingerprint density at radius 3 is 2.30 bits per heavy atom. The van der Waals surface area contributed by atoms with Crippen LogP contribution in [0.4, 0.5) is 19.0 Å². The summed E-state index contributed by atoms with van der Waals surface area (Å²) < 4.78 is 52.4. The predicted molar refractivity (Wildman–Crippen MR) is 158 cm³/mol. The van der Waals surface area contributed by atoms with Crippen LogP contribution in [0.1, 0.15) is 85.0 Å². The van der Waals surface area contributed by atoms with E-state index in [0.717, 1.165) is 30.3 Å². The lowest BCUT2D eigenvalue weighted by Crippen LogP contribution is -2.44. The van der Waals surface area contributed by atoms with Gasteiger partial charge in [-0.15, -0.1) is 5.10 Å². The summed E-state index contributed by atoms with van der Waals surface area (Å²) in [6.45, 7) is 6.02. The average molecular weight is 615 g/mol. The molecule has 1 atom stereocenters. The van der Waals surface area contributed by atoms with Crippen LogP contribution < -0.4 is 25.6 Å². The molecule has 0 amide bonds. The quantitative estimate of drug-likeness (QED) is 0.193. The minimum absolute atomic E-state index is 0.0721. The Morgan fingerprint density at radius 2 is 1.65 bits per heavy atom. The Kier molecular flexibility index (Phi) is 14.1. The SMILES string of the molecule is CCCCCCCn1nc(N(CCCOc2cccc(OC(C)(CCC)C(=O)O)c2)CCCC(F)(F)F)c(=O)n(C)c1=O. The van der Waals surface area contributed by atoms with Crippen molar-refractivity contribution in [1.82, 2.24) is 14.3 Å².